The van der Waals surface area contributed by atoms with E-state index < -0.39 is 0 Å². The summed E-state index contributed by atoms with van der Waals surface area (Å²) in [5.74, 6) is 0. The van der Waals surface area contributed by atoms with Crippen LogP contribution in [0.15, 0.2) is 12.4 Å². The van der Waals surface area contributed by atoms with Crippen LogP contribution in [0.2, 0.25) is 0 Å². The first kappa shape index (κ1) is 10.2. The molecule has 0 aliphatic carbocycles. The second kappa shape index (κ2) is 4.99. The number of aromatic nitrogens is 2. The van der Waals surface area contributed by atoms with Gasteiger partial charge in [0.15, 0.2) is 0 Å². The minimum Gasteiger partial charge on any atom is -0.395 e. The summed E-state index contributed by atoms with van der Waals surface area (Å²) in [6.07, 6.45) is 3.69. The highest BCUT2D eigenvalue weighted by Gasteiger charge is 2.09. The van der Waals surface area contributed by atoms with Crippen molar-refractivity contribution in [3.8, 4) is 0 Å². The fraction of sp³-hybridized carbons (Fsp3) is 0.667. The minimum absolute atomic E-state index is 0.204. The van der Waals surface area contributed by atoms with Crippen LogP contribution in [0, 0.1) is 0 Å². The normalized spacial score (nSPS) is 11.5. The molecule has 0 spiro atoms. The van der Waals surface area contributed by atoms with Crippen LogP contribution in [0.4, 0.5) is 0 Å². The van der Waals surface area contributed by atoms with Gasteiger partial charge in [-0.1, -0.05) is 0 Å². The smallest absolute Gasteiger partial charge is 0.0558 e. The molecule has 0 aliphatic rings. The Balaban J connectivity index is 2.47. The Bertz CT molecular complexity index is 221. The van der Waals surface area contributed by atoms with Gasteiger partial charge in [0.1, 0.15) is 0 Å². The maximum absolute atomic E-state index is 8.85. The van der Waals surface area contributed by atoms with Crippen molar-refractivity contribution >= 4 is 0 Å². The molecule has 1 aromatic rings. The van der Waals surface area contributed by atoms with E-state index in [-0.39, 0.29) is 6.61 Å². The molecule has 4 nitrogen and oxygen atoms in total. The Hall–Kier alpha value is -0.870. The van der Waals surface area contributed by atoms with Crippen LogP contribution in [0.25, 0.3) is 0 Å². The molecule has 0 saturated heterocycles. The third-order valence-electron chi connectivity index (χ3n) is 2.06. The fourth-order valence-corrected chi connectivity index (χ4v) is 1.25. The molecular formula is C9H17N3O. The van der Waals surface area contributed by atoms with Gasteiger partial charge in [0.2, 0.25) is 0 Å². The van der Waals surface area contributed by atoms with Crippen molar-refractivity contribution in [3.63, 3.8) is 0 Å². The Kier molecular flexibility index (Phi) is 3.92. The quantitative estimate of drug-likeness (QED) is 0.703. The number of H-pyrrole nitrogens is 1. The molecule has 13 heavy (non-hydrogen) atoms. The second-order valence-electron chi connectivity index (χ2n) is 3.39. The number of nitrogens with zero attached hydrogens (tertiary/aromatic N) is 2. The summed E-state index contributed by atoms with van der Waals surface area (Å²) in [5.41, 5.74) is 1.15. The highest BCUT2D eigenvalue weighted by atomic mass is 16.3. The zero-order valence-electron chi connectivity index (χ0n) is 8.20. The maximum Gasteiger partial charge on any atom is 0.0558 e. The predicted molar refractivity (Wildman–Crippen MR) is 51.2 cm³/mol. The van der Waals surface area contributed by atoms with Crippen LogP contribution in [0.1, 0.15) is 19.4 Å². The van der Waals surface area contributed by atoms with E-state index in [2.05, 4.69) is 28.9 Å². The first-order valence-corrected chi connectivity index (χ1v) is 4.56. The van der Waals surface area contributed by atoms with Crippen LogP contribution in [0.3, 0.4) is 0 Å². The van der Waals surface area contributed by atoms with Gasteiger partial charge in [-0.25, -0.2) is 0 Å². The van der Waals surface area contributed by atoms with Gasteiger partial charge in [-0.3, -0.25) is 10.00 Å². The van der Waals surface area contributed by atoms with E-state index in [1.807, 2.05) is 12.4 Å². The van der Waals surface area contributed by atoms with Gasteiger partial charge < -0.3 is 5.11 Å². The maximum atomic E-state index is 8.85. The summed E-state index contributed by atoms with van der Waals surface area (Å²) in [6, 6.07) is 0.446. The molecule has 0 saturated carbocycles. The second-order valence-corrected chi connectivity index (χ2v) is 3.39. The molecule has 0 bridgehead atoms. The van der Waals surface area contributed by atoms with E-state index in [9.17, 15) is 0 Å². The van der Waals surface area contributed by atoms with Crippen LogP contribution in [0.5, 0.6) is 0 Å². The number of hydrogen-bond donors (Lipinski definition) is 2. The molecule has 74 valence electrons. The molecule has 0 atom stereocenters. The molecule has 4 heteroatoms. The van der Waals surface area contributed by atoms with Gasteiger partial charge in [0.05, 0.1) is 12.8 Å². The van der Waals surface area contributed by atoms with Crippen molar-refractivity contribution in [1.82, 2.24) is 15.1 Å². The molecule has 1 heterocycles. The summed E-state index contributed by atoms with van der Waals surface area (Å²) in [5, 5.41) is 15.5. The van der Waals surface area contributed by atoms with Gasteiger partial charge in [0, 0.05) is 30.9 Å². The van der Waals surface area contributed by atoms with Crippen molar-refractivity contribution in [2.24, 2.45) is 0 Å². The zero-order valence-corrected chi connectivity index (χ0v) is 8.20. The molecule has 2 N–H and O–H groups in total. The van der Waals surface area contributed by atoms with Gasteiger partial charge in [-0.2, -0.15) is 5.10 Å². The number of aliphatic hydroxyl groups excluding tert-OH is 1. The van der Waals surface area contributed by atoms with Crippen molar-refractivity contribution in [1.29, 1.82) is 0 Å². The molecule has 0 radical (unpaired) electrons. The lowest BCUT2D eigenvalue weighted by atomic mass is 10.2. The Morgan fingerprint density at radius 2 is 2.38 bits per heavy atom. The van der Waals surface area contributed by atoms with E-state index in [1.165, 1.54) is 0 Å². The van der Waals surface area contributed by atoms with Crippen molar-refractivity contribution in [2.75, 3.05) is 13.2 Å². The number of aliphatic hydroxyl groups is 1. The topological polar surface area (TPSA) is 52.1 Å². The SMILES string of the molecule is CC(C)N(CCO)Cc1cn[nH]c1. The van der Waals surface area contributed by atoms with Gasteiger partial charge >= 0.3 is 0 Å². The first-order valence-electron chi connectivity index (χ1n) is 4.56. The monoisotopic (exact) mass is 183 g/mol. The van der Waals surface area contributed by atoms with Crippen LogP contribution >= 0.6 is 0 Å². The molecule has 0 aliphatic heterocycles. The highest BCUT2D eigenvalue weighted by Crippen LogP contribution is 2.05. The van der Waals surface area contributed by atoms with Crippen molar-refractivity contribution < 1.29 is 5.11 Å². The minimum atomic E-state index is 0.204. The van der Waals surface area contributed by atoms with E-state index in [0.717, 1.165) is 12.1 Å². The number of rotatable bonds is 5. The molecule has 0 aromatic carbocycles. The Labute approximate surface area is 78.6 Å². The average Bonchev–Trinajstić information content (AvgIpc) is 2.56. The zero-order chi connectivity index (χ0) is 9.68. The largest absolute Gasteiger partial charge is 0.395 e. The van der Waals surface area contributed by atoms with Crippen LogP contribution < -0.4 is 0 Å². The van der Waals surface area contributed by atoms with Gasteiger partial charge in [0.25, 0.3) is 0 Å². The molecule has 0 fully saturated rings. The third-order valence-corrected chi connectivity index (χ3v) is 2.06. The lowest BCUT2D eigenvalue weighted by Crippen LogP contribution is -2.32. The first-order chi connectivity index (χ1) is 6.24. The predicted octanol–water partition coefficient (Wildman–Crippen LogP) is 0.612. The standard InChI is InChI=1S/C9H17N3O/c1-8(2)12(3-4-13)7-9-5-10-11-6-9/h5-6,8,13H,3-4,7H2,1-2H3,(H,10,11). The number of hydrogen-bond acceptors (Lipinski definition) is 3. The third kappa shape index (κ3) is 3.16. The summed E-state index contributed by atoms with van der Waals surface area (Å²) in [7, 11) is 0. The van der Waals surface area contributed by atoms with E-state index in [0.29, 0.717) is 12.6 Å². The van der Waals surface area contributed by atoms with Crippen LogP contribution in [-0.4, -0.2) is 39.4 Å². The summed E-state index contributed by atoms with van der Waals surface area (Å²) in [4.78, 5) is 2.20. The summed E-state index contributed by atoms with van der Waals surface area (Å²) in [6.45, 7) is 6.00. The van der Waals surface area contributed by atoms with Crippen LogP contribution in [-0.2, 0) is 6.54 Å². The Morgan fingerprint density at radius 3 is 2.85 bits per heavy atom. The molecule has 0 amide bonds. The molecular weight excluding hydrogens is 166 g/mol. The molecule has 1 aromatic heterocycles. The van der Waals surface area contributed by atoms with E-state index >= 15 is 0 Å². The molecule has 0 unspecified atom stereocenters. The lowest BCUT2D eigenvalue weighted by molar-refractivity contribution is 0.159. The van der Waals surface area contributed by atoms with Crippen molar-refractivity contribution in [2.45, 2.75) is 26.4 Å². The highest BCUT2D eigenvalue weighted by molar-refractivity contribution is 5.02. The van der Waals surface area contributed by atoms with E-state index in [4.69, 9.17) is 5.11 Å². The summed E-state index contributed by atoms with van der Waals surface area (Å²) < 4.78 is 0. The summed E-state index contributed by atoms with van der Waals surface area (Å²) >= 11 is 0. The molecule has 1 rings (SSSR count). The van der Waals surface area contributed by atoms with E-state index in [1.54, 1.807) is 0 Å². The number of nitrogens with one attached hydrogen (secondary N) is 1. The fourth-order valence-electron chi connectivity index (χ4n) is 1.25. The number of aromatic amines is 1. The Morgan fingerprint density at radius 1 is 1.62 bits per heavy atom. The lowest BCUT2D eigenvalue weighted by Gasteiger charge is -2.24. The average molecular weight is 183 g/mol. The van der Waals surface area contributed by atoms with Crippen molar-refractivity contribution in [3.05, 3.63) is 18.0 Å². The van der Waals surface area contributed by atoms with Gasteiger partial charge in [-0.15, -0.1) is 0 Å². The van der Waals surface area contributed by atoms with Gasteiger partial charge in [-0.05, 0) is 13.8 Å².